The fourth-order valence-corrected chi connectivity index (χ4v) is 2.10. The Balaban J connectivity index is 2.59. The van der Waals surface area contributed by atoms with Crippen LogP contribution in [0, 0.1) is 0 Å². The maximum absolute atomic E-state index is 12.0. The number of hydrogen-bond donors (Lipinski definition) is 1. The van der Waals surface area contributed by atoms with Gasteiger partial charge in [0.05, 0.1) is 7.11 Å². The van der Waals surface area contributed by atoms with Crippen LogP contribution in [0.4, 0.5) is 5.69 Å². The van der Waals surface area contributed by atoms with Crippen LogP contribution in [-0.4, -0.2) is 35.9 Å². The molecule has 1 rings (SSSR count). The van der Waals surface area contributed by atoms with E-state index in [1.54, 1.807) is 24.1 Å². The third-order valence-electron chi connectivity index (χ3n) is 3.11. The molecule has 0 fully saturated rings. The molecule has 0 atom stereocenters. The first-order valence-electron chi connectivity index (χ1n) is 6.96. The standard InChI is InChI=1S/C16H24N2O3/c1-12(19)18(16(2,3)4)10-9-15(20)17-13-7-6-8-14(11-13)21-5/h6-8,11H,9-10H2,1-5H3,(H,17,20). The molecule has 1 aromatic rings. The zero-order valence-corrected chi connectivity index (χ0v) is 13.4. The van der Waals surface area contributed by atoms with Crippen LogP contribution in [0.15, 0.2) is 24.3 Å². The molecule has 0 saturated heterocycles. The van der Waals surface area contributed by atoms with Crippen LogP contribution in [-0.2, 0) is 9.59 Å². The van der Waals surface area contributed by atoms with E-state index in [1.165, 1.54) is 6.92 Å². The highest BCUT2D eigenvalue weighted by atomic mass is 16.5. The molecule has 116 valence electrons. The number of rotatable bonds is 5. The first-order chi connectivity index (χ1) is 9.74. The monoisotopic (exact) mass is 292 g/mol. The highest BCUT2D eigenvalue weighted by Gasteiger charge is 2.23. The number of amides is 2. The van der Waals surface area contributed by atoms with Crippen LogP contribution in [0.1, 0.15) is 34.1 Å². The molecule has 0 unspecified atom stereocenters. The van der Waals surface area contributed by atoms with Gasteiger partial charge in [0.1, 0.15) is 5.75 Å². The Hall–Kier alpha value is -2.04. The number of anilines is 1. The Kier molecular flexibility index (Phi) is 5.76. The Labute approximate surface area is 126 Å². The van der Waals surface area contributed by atoms with Gasteiger partial charge in [0.25, 0.3) is 0 Å². The molecule has 0 radical (unpaired) electrons. The quantitative estimate of drug-likeness (QED) is 0.907. The Morgan fingerprint density at radius 1 is 1.29 bits per heavy atom. The van der Waals surface area contributed by atoms with Gasteiger partial charge >= 0.3 is 0 Å². The Morgan fingerprint density at radius 3 is 2.48 bits per heavy atom. The van der Waals surface area contributed by atoms with Crippen molar-refractivity contribution < 1.29 is 14.3 Å². The van der Waals surface area contributed by atoms with E-state index in [9.17, 15) is 9.59 Å². The smallest absolute Gasteiger partial charge is 0.226 e. The van der Waals surface area contributed by atoms with Gasteiger partial charge < -0.3 is 15.0 Å². The van der Waals surface area contributed by atoms with Crippen molar-refractivity contribution in [3.05, 3.63) is 24.3 Å². The zero-order chi connectivity index (χ0) is 16.0. The highest BCUT2D eigenvalue weighted by molar-refractivity contribution is 5.91. The molecule has 1 aromatic carbocycles. The molecular weight excluding hydrogens is 268 g/mol. The molecule has 0 spiro atoms. The molecule has 0 aromatic heterocycles. The topological polar surface area (TPSA) is 58.6 Å². The first-order valence-corrected chi connectivity index (χ1v) is 6.96. The molecule has 0 saturated carbocycles. The number of nitrogens with zero attached hydrogens (tertiary/aromatic N) is 1. The molecule has 2 amide bonds. The van der Waals surface area contributed by atoms with Gasteiger partial charge in [-0.05, 0) is 32.9 Å². The number of carbonyl (C=O) groups is 2. The fourth-order valence-electron chi connectivity index (χ4n) is 2.10. The van der Waals surface area contributed by atoms with E-state index < -0.39 is 0 Å². The first kappa shape index (κ1) is 17.0. The third-order valence-corrected chi connectivity index (χ3v) is 3.11. The summed E-state index contributed by atoms with van der Waals surface area (Å²) in [5, 5.41) is 2.81. The number of hydrogen-bond acceptors (Lipinski definition) is 3. The summed E-state index contributed by atoms with van der Waals surface area (Å²) >= 11 is 0. The lowest BCUT2D eigenvalue weighted by Crippen LogP contribution is -2.45. The summed E-state index contributed by atoms with van der Waals surface area (Å²) in [6, 6.07) is 7.18. The molecular formula is C16H24N2O3. The number of ether oxygens (including phenoxy) is 1. The normalized spacial score (nSPS) is 10.9. The minimum absolute atomic E-state index is 0.0309. The van der Waals surface area contributed by atoms with E-state index in [0.717, 1.165) is 0 Å². The van der Waals surface area contributed by atoms with Crippen molar-refractivity contribution in [1.82, 2.24) is 4.90 Å². The third kappa shape index (κ3) is 5.45. The number of methoxy groups -OCH3 is 1. The second-order valence-corrected chi connectivity index (χ2v) is 5.87. The van der Waals surface area contributed by atoms with E-state index in [-0.39, 0.29) is 23.8 Å². The number of nitrogens with one attached hydrogen (secondary N) is 1. The Morgan fingerprint density at radius 2 is 1.95 bits per heavy atom. The van der Waals surface area contributed by atoms with Gasteiger partial charge in [-0.2, -0.15) is 0 Å². The molecule has 0 aliphatic heterocycles. The lowest BCUT2D eigenvalue weighted by atomic mass is 10.1. The molecule has 0 heterocycles. The maximum atomic E-state index is 12.0. The van der Waals surface area contributed by atoms with Gasteiger partial charge in [-0.25, -0.2) is 0 Å². The van der Waals surface area contributed by atoms with Gasteiger partial charge in [-0.1, -0.05) is 6.07 Å². The predicted molar refractivity (Wildman–Crippen MR) is 83.4 cm³/mol. The van der Waals surface area contributed by atoms with E-state index in [1.807, 2.05) is 32.9 Å². The SMILES string of the molecule is COc1cccc(NC(=O)CCN(C(C)=O)C(C)(C)C)c1. The van der Waals surface area contributed by atoms with E-state index >= 15 is 0 Å². The molecule has 0 aliphatic carbocycles. The van der Waals surface area contributed by atoms with Crippen molar-refractivity contribution in [2.45, 2.75) is 39.7 Å². The van der Waals surface area contributed by atoms with E-state index in [2.05, 4.69) is 5.32 Å². The van der Waals surface area contributed by atoms with Crippen LogP contribution >= 0.6 is 0 Å². The van der Waals surface area contributed by atoms with Crippen molar-refractivity contribution >= 4 is 17.5 Å². The summed E-state index contributed by atoms with van der Waals surface area (Å²) < 4.78 is 5.11. The van der Waals surface area contributed by atoms with Gasteiger partial charge in [0, 0.05) is 37.2 Å². The summed E-state index contributed by atoms with van der Waals surface area (Å²) in [7, 11) is 1.58. The molecule has 0 aliphatic rings. The van der Waals surface area contributed by atoms with E-state index in [4.69, 9.17) is 4.74 Å². The average Bonchev–Trinajstić information content (AvgIpc) is 2.37. The molecule has 21 heavy (non-hydrogen) atoms. The number of benzene rings is 1. The largest absolute Gasteiger partial charge is 0.497 e. The second kappa shape index (κ2) is 7.11. The van der Waals surface area contributed by atoms with Crippen molar-refractivity contribution in [3.8, 4) is 5.75 Å². The highest BCUT2D eigenvalue weighted by Crippen LogP contribution is 2.17. The van der Waals surface area contributed by atoms with Crippen molar-refractivity contribution in [2.75, 3.05) is 19.0 Å². The zero-order valence-electron chi connectivity index (χ0n) is 13.4. The minimum atomic E-state index is -0.290. The lowest BCUT2D eigenvalue weighted by molar-refractivity contribution is -0.134. The average molecular weight is 292 g/mol. The van der Waals surface area contributed by atoms with Gasteiger partial charge in [-0.3, -0.25) is 9.59 Å². The van der Waals surface area contributed by atoms with Crippen molar-refractivity contribution in [1.29, 1.82) is 0 Å². The second-order valence-electron chi connectivity index (χ2n) is 5.87. The summed E-state index contributed by atoms with van der Waals surface area (Å²) in [6.45, 7) is 7.77. The minimum Gasteiger partial charge on any atom is -0.497 e. The summed E-state index contributed by atoms with van der Waals surface area (Å²) in [5.41, 5.74) is 0.395. The van der Waals surface area contributed by atoms with Crippen LogP contribution in [0.3, 0.4) is 0 Å². The molecule has 5 nitrogen and oxygen atoms in total. The van der Waals surface area contributed by atoms with Crippen LogP contribution in [0.2, 0.25) is 0 Å². The van der Waals surface area contributed by atoms with E-state index in [0.29, 0.717) is 18.0 Å². The number of carbonyl (C=O) groups excluding carboxylic acids is 2. The molecule has 0 bridgehead atoms. The van der Waals surface area contributed by atoms with Crippen LogP contribution < -0.4 is 10.1 Å². The van der Waals surface area contributed by atoms with Crippen molar-refractivity contribution in [3.63, 3.8) is 0 Å². The Bertz CT molecular complexity index is 506. The summed E-state index contributed by atoms with van der Waals surface area (Å²) in [4.78, 5) is 25.3. The predicted octanol–water partition coefficient (Wildman–Crippen LogP) is 2.67. The summed E-state index contributed by atoms with van der Waals surface area (Å²) in [5.74, 6) is 0.531. The lowest BCUT2D eigenvalue weighted by Gasteiger charge is -2.34. The van der Waals surface area contributed by atoms with Gasteiger partial charge in [-0.15, -0.1) is 0 Å². The van der Waals surface area contributed by atoms with Crippen LogP contribution in [0.25, 0.3) is 0 Å². The summed E-state index contributed by atoms with van der Waals surface area (Å²) in [6.07, 6.45) is 0.258. The van der Waals surface area contributed by atoms with Crippen LogP contribution in [0.5, 0.6) is 5.75 Å². The maximum Gasteiger partial charge on any atom is 0.226 e. The molecule has 1 N–H and O–H groups in total. The fraction of sp³-hybridized carbons (Fsp3) is 0.500. The van der Waals surface area contributed by atoms with Gasteiger partial charge in [0.2, 0.25) is 11.8 Å². The van der Waals surface area contributed by atoms with Crippen molar-refractivity contribution in [2.24, 2.45) is 0 Å². The van der Waals surface area contributed by atoms with Gasteiger partial charge in [0.15, 0.2) is 0 Å². The molecule has 5 heteroatoms.